The average molecular weight is 334 g/mol. The molecule has 0 atom stereocenters. The third-order valence-electron chi connectivity index (χ3n) is 1.81. The Morgan fingerprint density at radius 1 is 1.35 bits per heavy atom. The standard InChI is InChI=1S/C5H13NO3S.C3H6O3S.C2H7N/c1-2-6-4-3-5-10(7,8)9;4-7(5)3-1-2-6-7;1-2-3/h6H,2-5H2,1H3,(H,7,8,9);1-3H2;2-3H2,1H3. The molecule has 1 rings (SSSR count). The van der Waals surface area contributed by atoms with Crippen molar-refractivity contribution >= 4 is 20.2 Å². The topological polar surface area (TPSA) is 136 Å². The minimum absolute atomic E-state index is 0.153. The van der Waals surface area contributed by atoms with Crippen LogP contribution in [0.3, 0.4) is 0 Å². The molecule has 0 saturated carbocycles. The van der Waals surface area contributed by atoms with Gasteiger partial charge in [-0.1, -0.05) is 13.8 Å². The van der Waals surface area contributed by atoms with E-state index in [0.717, 1.165) is 13.1 Å². The molecule has 0 spiro atoms. The van der Waals surface area contributed by atoms with Gasteiger partial charge in [0.15, 0.2) is 0 Å². The second-order valence-corrected chi connectivity index (χ2v) is 7.17. The predicted octanol–water partition coefficient (Wildman–Crippen LogP) is -0.425. The van der Waals surface area contributed by atoms with Gasteiger partial charge in [-0.15, -0.1) is 0 Å². The van der Waals surface area contributed by atoms with E-state index < -0.39 is 20.2 Å². The highest BCUT2D eigenvalue weighted by atomic mass is 32.2. The van der Waals surface area contributed by atoms with E-state index in [1.807, 2.05) is 13.8 Å². The van der Waals surface area contributed by atoms with Crippen LogP contribution in [-0.2, 0) is 24.4 Å². The molecule has 0 unspecified atom stereocenters. The lowest BCUT2D eigenvalue weighted by Gasteiger charge is -1.97. The molecular formula is C10H26N2O6S2. The van der Waals surface area contributed by atoms with Crippen molar-refractivity contribution in [2.45, 2.75) is 26.7 Å². The van der Waals surface area contributed by atoms with Gasteiger partial charge >= 0.3 is 0 Å². The molecule has 0 aromatic carbocycles. The molecular weight excluding hydrogens is 308 g/mol. The van der Waals surface area contributed by atoms with E-state index >= 15 is 0 Å². The predicted molar refractivity (Wildman–Crippen MR) is 78.7 cm³/mol. The lowest BCUT2D eigenvalue weighted by molar-refractivity contribution is 0.354. The summed E-state index contributed by atoms with van der Waals surface area (Å²) in [5.74, 6) is 0.0486. The van der Waals surface area contributed by atoms with Crippen molar-refractivity contribution in [3.05, 3.63) is 0 Å². The van der Waals surface area contributed by atoms with Gasteiger partial charge < -0.3 is 11.1 Å². The quantitative estimate of drug-likeness (QED) is 0.350. The molecule has 0 bridgehead atoms. The monoisotopic (exact) mass is 334 g/mol. The first-order valence-corrected chi connectivity index (χ1v) is 9.60. The maximum atomic E-state index is 10.2. The summed E-state index contributed by atoms with van der Waals surface area (Å²) in [4.78, 5) is 0. The Bertz CT molecular complexity index is 395. The lowest BCUT2D eigenvalue weighted by atomic mass is 10.5. The molecule has 1 heterocycles. The van der Waals surface area contributed by atoms with Crippen molar-refractivity contribution in [3.8, 4) is 0 Å². The zero-order valence-corrected chi connectivity index (χ0v) is 13.7. The van der Waals surface area contributed by atoms with Gasteiger partial charge in [0.1, 0.15) is 0 Å². The Morgan fingerprint density at radius 2 is 1.90 bits per heavy atom. The van der Waals surface area contributed by atoms with Gasteiger partial charge in [0, 0.05) is 0 Å². The van der Waals surface area contributed by atoms with Crippen LogP contribution in [0, 0.1) is 0 Å². The van der Waals surface area contributed by atoms with E-state index in [2.05, 4.69) is 9.50 Å². The maximum Gasteiger partial charge on any atom is 0.267 e. The molecule has 4 N–H and O–H groups in total. The Hall–Kier alpha value is -0.260. The molecule has 20 heavy (non-hydrogen) atoms. The maximum absolute atomic E-state index is 10.2. The Kier molecular flexibility index (Phi) is 13.7. The van der Waals surface area contributed by atoms with Crippen LogP contribution in [0.25, 0.3) is 0 Å². The van der Waals surface area contributed by atoms with Crippen molar-refractivity contribution in [1.29, 1.82) is 0 Å². The highest BCUT2D eigenvalue weighted by Gasteiger charge is 2.16. The average Bonchev–Trinajstić information content (AvgIpc) is 2.70. The van der Waals surface area contributed by atoms with Crippen LogP contribution in [0.2, 0.25) is 0 Å². The molecule has 8 nitrogen and oxygen atoms in total. The number of nitrogens with two attached hydrogens (primary N) is 1. The Morgan fingerprint density at radius 3 is 2.15 bits per heavy atom. The second kappa shape index (κ2) is 12.5. The second-order valence-electron chi connectivity index (χ2n) is 3.84. The largest absolute Gasteiger partial charge is 0.331 e. The van der Waals surface area contributed by atoms with Gasteiger partial charge in [-0.3, -0.25) is 8.74 Å². The zero-order valence-electron chi connectivity index (χ0n) is 12.0. The van der Waals surface area contributed by atoms with Gasteiger partial charge in [0.05, 0.1) is 18.1 Å². The van der Waals surface area contributed by atoms with Crippen LogP contribution in [0.15, 0.2) is 0 Å². The van der Waals surface area contributed by atoms with Crippen molar-refractivity contribution in [3.63, 3.8) is 0 Å². The fraction of sp³-hybridized carbons (Fsp3) is 1.00. The molecule has 0 aliphatic carbocycles. The Balaban J connectivity index is 0. The van der Waals surface area contributed by atoms with Crippen LogP contribution in [0.4, 0.5) is 0 Å². The van der Waals surface area contributed by atoms with Crippen LogP contribution >= 0.6 is 0 Å². The third-order valence-corrected chi connectivity index (χ3v) is 3.93. The summed E-state index contributed by atoms with van der Waals surface area (Å²) in [5, 5.41) is 2.95. The van der Waals surface area contributed by atoms with Gasteiger partial charge in [0.25, 0.3) is 20.2 Å². The van der Waals surface area contributed by atoms with Crippen LogP contribution in [0.5, 0.6) is 0 Å². The van der Waals surface area contributed by atoms with E-state index in [1.165, 1.54) is 0 Å². The van der Waals surface area contributed by atoms with Gasteiger partial charge in [-0.2, -0.15) is 16.8 Å². The van der Waals surface area contributed by atoms with E-state index in [4.69, 9.17) is 10.3 Å². The number of rotatable bonds is 5. The van der Waals surface area contributed by atoms with Crippen molar-refractivity contribution in [2.75, 3.05) is 37.7 Å². The molecule has 1 saturated heterocycles. The van der Waals surface area contributed by atoms with E-state index in [0.29, 0.717) is 26.0 Å². The minimum Gasteiger partial charge on any atom is -0.331 e. The fourth-order valence-electron chi connectivity index (χ4n) is 1.04. The molecule has 1 aliphatic heterocycles. The highest BCUT2D eigenvalue weighted by Crippen LogP contribution is 2.04. The zero-order chi connectivity index (χ0) is 16.1. The molecule has 1 aliphatic rings. The number of hydrogen-bond acceptors (Lipinski definition) is 7. The molecule has 124 valence electrons. The third kappa shape index (κ3) is 20.1. The summed E-state index contributed by atoms with van der Waals surface area (Å²) in [6.07, 6.45) is 1.12. The van der Waals surface area contributed by atoms with Gasteiger partial charge in [0.2, 0.25) is 0 Å². The minimum atomic E-state index is -3.74. The van der Waals surface area contributed by atoms with Gasteiger partial charge in [-0.25, -0.2) is 0 Å². The smallest absolute Gasteiger partial charge is 0.267 e. The number of nitrogens with one attached hydrogen (secondary N) is 1. The van der Waals surface area contributed by atoms with Crippen molar-refractivity contribution < 1.29 is 25.6 Å². The van der Waals surface area contributed by atoms with Gasteiger partial charge in [-0.05, 0) is 32.5 Å². The molecule has 0 radical (unpaired) electrons. The van der Waals surface area contributed by atoms with E-state index in [1.54, 1.807) is 0 Å². The molecule has 0 amide bonds. The van der Waals surface area contributed by atoms with Crippen LogP contribution < -0.4 is 11.1 Å². The molecule has 0 aromatic rings. The first kappa shape index (κ1) is 22.0. The molecule has 10 heteroatoms. The fourth-order valence-corrected chi connectivity index (χ4v) is 2.51. The summed E-state index contributed by atoms with van der Waals surface area (Å²) in [6.45, 7) is 6.43. The van der Waals surface area contributed by atoms with Crippen LogP contribution in [0.1, 0.15) is 26.7 Å². The van der Waals surface area contributed by atoms with Crippen molar-refractivity contribution in [1.82, 2.24) is 5.32 Å². The Labute approximate surface area is 121 Å². The highest BCUT2D eigenvalue weighted by molar-refractivity contribution is 7.86. The summed E-state index contributed by atoms with van der Waals surface area (Å²) in [6, 6.07) is 0. The van der Waals surface area contributed by atoms with E-state index in [-0.39, 0.29) is 11.5 Å². The molecule has 0 aromatic heterocycles. The summed E-state index contributed by atoms with van der Waals surface area (Å²) >= 11 is 0. The van der Waals surface area contributed by atoms with Crippen LogP contribution in [-0.4, -0.2) is 59.1 Å². The molecule has 1 fully saturated rings. The van der Waals surface area contributed by atoms with E-state index in [9.17, 15) is 16.8 Å². The summed E-state index contributed by atoms with van der Waals surface area (Å²) in [5.41, 5.74) is 4.85. The first-order chi connectivity index (χ1) is 9.18. The number of hydrogen-bond donors (Lipinski definition) is 3. The summed E-state index contributed by atoms with van der Waals surface area (Å²) in [7, 11) is -6.79. The van der Waals surface area contributed by atoms with Crippen molar-refractivity contribution in [2.24, 2.45) is 5.73 Å². The normalized spacial score (nSPS) is 16.6. The summed E-state index contributed by atoms with van der Waals surface area (Å²) < 4.78 is 53.2. The first-order valence-electron chi connectivity index (χ1n) is 6.41. The SMILES string of the molecule is CCN.CCNCCCS(=O)(=O)O.O=S1(=O)CCCO1. The lowest BCUT2D eigenvalue weighted by Crippen LogP contribution is -2.17.